The van der Waals surface area contributed by atoms with E-state index in [1.54, 1.807) is 0 Å². The van der Waals surface area contributed by atoms with Crippen LogP contribution < -0.4 is 11.1 Å². The highest BCUT2D eigenvalue weighted by molar-refractivity contribution is 14.0. The minimum Gasteiger partial charge on any atom is -0.370 e. The van der Waals surface area contributed by atoms with Crippen LogP contribution in [-0.4, -0.2) is 15.7 Å². The van der Waals surface area contributed by atoms with Crippen LogP contribution in [0.1, 0.15) is 29.4 Å². The van der Waals surface area contributed by atoms with E-state index in [2.05, 4.69) is 59.6 Å². The van der Waals surface area contributed by atoms with E-state index in [-0.39, 0.29) is 24.0 Å². The number of aryl methyl sites for hydroxylation is 3. The molecule has 0 atom stereocenters. The number of rotatable bonds is 5. The van der Waals surface area contributed by atoms with Crippen LogP contribution in [0.2, 0.25) is 0 Å². The number of para-hydroxylation sites is 1. The molecule has 0 aliphatic carbocycles. The molecule has 5 nitrogen and oxygen atoms in total. The number of halogens is 1. The molecule has 3 rings (SSSR count). The number of anilines is 1. The lowest BCUT2D eigenvalue weighted by Crippen LogP contribution is -2.22. The third kappa shape index (κ3) is 5.32. The van der Waals surface area contributed by atoms with Gasteiger partial charge in [-0.1, -0.05) is 37.3 Å². The zero-order valence-corrected chi connectivity index (χ0v) is 18.3. The summed E-state index contributed by atoms with van der Waals surface area (Å²) >= 11 is 0. The number of aliphatic imine (C=N–C) groups is 1. The molecule has 142 valence electrons. The molecule has 3 N–H and O–H groups in total. The van der Waals surface area contributed by atoms with E-state index >= 15 is 0 Å². The molecule has 0 saturated heterocycles. The fourth-order valence-corrected chi connectivity index (χ4v) is 2.95. The zero-order chi connectivity index (χ0) is 18.5. The monoisotopic (exact) mass is 475 g/mol. The number of nitrogens with one attached hydrogen (secondary N) is 1. The second-order valence-electron chi connectivity index (χ2n) is 6.35. The van der Waals surface area contributed by atoms with Crippen LogP contribution in [0, 0.1) is 13.8 Å². The van der Waals surface area contributed by atoms with Crippen molar-refractivity contribution in [3.05, 3.63) is 77.1 Å². The lowest BCUT2D eigenvalue weighted by atomic mass is 10.1. The first-order valence-electron chi connectivity index (χ1n) is 8.84. The van der Waals surface area contributed by atoms with Crippen molar-refractivity contribution >= 4 is 35.6 Å². The summed E-state index contributed by atoms with van der Waals surface area (Å²) in [5.41, 5.74) is 12.5. The summed E-state index contributed by atoms with van der Waals surface area (Å²) in [5.74, 6) is 0.404. The van der Waals surface area contributed by atoms with Crippen molar-refractivity contribution in [3.63, 3.8) is 0 Å². The van der Waals surface area contributed by atoms with Crippen molar-refractivity contribution in [1.82, 2.24) is 9.78 Å². The summed E-state index contributed by atoms with van der Waals surface area (Å²) in [6.07, 6.45) is 0.989. The largest absolute Gasteiger partial charge is 0.370 e. The predicted octanol–water partition coefficient (Wildman–Crippen LogP) is 4.60. The maximum absolute atomic E-state index is 6.08. The molecule has 27 heavy (non-hydrogen) atoms. The van der Waals surface area contributed by atoms with Gasteiger partial charge in [0.25, 0.3) is 0 Å². The summed E-state index contributed by atoms with van der Waals surface area (Å²) in [4.78, 5) is 4.51. The van der Waals surface area contributed by atoms with Crippen molar-refractivity contribution in [2.24, 2.45) is 10.7 Å². The van der Waals surface area contributed by atoms with Gasteiger partial charge < -0.3 is 11.1 Å². The zero-order valence-electron chi connectivity index (χ0n) is 15.9. The maximum Gasteiger partial charge on any atom is 0.193 e. The highest BCUT2D eigenvalue weighted by Gasteiger charge is 2.08. The third-order valence-corrected chi connectivity index (χ3v) is 4.26. The Bertz CT molecular complexity index is 930. The van der Waals surface area contributed by atoms with E-state index in [9.17, 15) is 0 Å². The molecule has 0 saturated carbocycles. The molecule has 1 heterocycles. The SMILES string of the molecule is CCc1cccc(NC(N)=NCc2ccccc2-n2nc(C)cc2C)c1.I. The molecule has 0 fully saturated rings. The Morgan fingerprint density at radius 3 is 2.59 bits per heavy atom. The standard InChI is InChI=1S/C21H25N5.HI/c1-4-17-8-7-10-19(13-17)24-21(22)23-14-18-9-5-6-11-20(18)26-16(3)12-15(2)25-26;/h5-13H,4,14H2,1-3H3,(H3,22,23,24);1H. The molecule has 3 aromatic rings. The normalized spacial score (nSPS) is 11.1. The lowest BCUT2D eigenvalue weighted by molar-refractivity contribution is 0.818. The summed E-state index contributed by atoms with van der Waals surface area (Å²) in [5, 5.41) is 7.74. The molecule has 1 aromatic heterocycles. The number of aromatic nitrogens is 2. The first kappa shape index (κ1) is 21.0. The van der Waals surface area contributed by atoms with Crippen molar-refractivity contribution in [3.8, 4) is 5.69 Å². The van der Waals surface area contributed by atoms with Gasteiger partial charge in [0.05, 0.1) is 17.9 Å². The fourth-order valence-electron chi connectivity index (χ4n) is 2.95. The lowest BCUT2D eigenvalue weighted by Gasteiger charge is -2.11. The molecule has 0 spiro atoms. The van der Waals surface area contributed by atoms with Crippen LogP contribution >= 0.6 is 24.0 Å². The Morgan fingerprint density at radius 2 is 1.89 bits per heavy atom. The van der Waals surface area contributed by atoms with Crippen molar-refractivity contribution in [2.45, 2.75) is 33.7 Å². The van der Waals surface area contributed by atoms with Gasteiger partial charge in [-0.05, 0) is 55.7 Å². The highest BCUT2D eigenvalue weighted by Crippen LogP contribution is 2.18. The maximum atomic E-state index is 6.08. The molecule has 0 bridgehead atoms. The number of benzene rings is 2. The Balaban J connectivity index is 0.00000261. The van der Waals surface area contributed by atoms with Gasteiger partial charge in [0.1, 0.15) is 0 Å². The van der Waals surface area contributed by atoms with Crippen LogP contribution in [0.4, 0.5) is 5.69 Å². The Morgan fingerprint density at radius 1 is 1.11 bits per heavy atom. The van der Waals surface area contributed by atoms with Gasteiger partial charge in [-0.25, -0.2) is 9.67 Å². The molecule has 6 heteroatoms. The van der Waals surface area contributed by atoms with Crippen LogP contribution in [-0.2, 0) is 13.0 Å². The van der Waals surface area contributed by atoms with Crippen LogP contribution in [0.25, 0.3) is 5.69 Å². The molecule has 0 aliphatic rings. The van der Waals surface area contributed by atoms with Crippen LogP contribution in [0.5, 0.6) is 0 Å². The summed E-state index contributed by atoms with van der Waals surface area (Å²) in [6.45, 7) is 6.67. The quantitative estimate of drug-likeness (QED) is 0.322. The van der Waals surface area contributed by atoms with E-state index in [4.69, 9.17) is 5.73 Å². The number of hydrogen-bond acceptors (Lipinski definition) is 2. The van der Waals surface area contributed by atoms with Gasteiger partial charge in [0, 0.05) is 11.4 Å². The topological polar surface area (TPSA) is 68.2 Å². The van der Waals surface area contributed by atoms with Gasteiger partial charge >= 0.3 is 0 Å². The molecular formula is C21H26IN5. The van der Waals surface area contributed by atoms with Gasteiger partial charge in [-0.3, -0.25) is 0 Å². The van der Waals surface area contributed by atoms with E-state index in [0.717, 1.165) is 34.7 Å². The van der Waals surface area contributed by atoms with Crippen molar-refractivity contribution < 1.29 is 0 Å². The molecule has 0 unspecified atom stereocenters. The van der Waals surface area contributed by atoms with Gasteiger partial charge in [-0.2, -0.15) is 5.10 Å². The second kappa shape index (κ2) is 9.55. The average Bonchev–Trinajstić information content (AvgIpc) is 2.98. The number of nitrogens with zero attached hydrogens (tertiary/aromatic N) is 3. The molecule has 0 aliphatic heterocycles. The first-order chi connectivity index (χ1) is 12.6. The van der Waals surface area contributed by atoms with Crippen molar-refractivity contribution in [1.29, 1.82) is 0 Å². The molecular weight excluding hydrogens is 449 g/mol. The minimum absolute atomic E-state index is 0. The summed E-state index contributed by atoms with van der Waals surface area (Å²) < 4.78 is 1.95. The number of guanidine groups is 1. The van der Waals surface area contributed by atoms with Gasteiger partial charge in [0.2, 0.25) is 0 Å². The average molecular weight is 475 g/mol. The Kier molecular flexibility index (Phi) is 7.41. The summed E-state index contributed by atoms with van der Waals surface area (Å²) in [7, 11) is 0. The molecule has 0 radical (unpaired) electrons. The van der Waals surface area contributed by atoms with E-state index < -0.39 is 0 Å². The van der Waals surface area contributed by atoms with Crippen molar-refractivity contribution in [2.75, 3.05) is 5.32 Å². The van der Waals surface area contributed by atoms with E-state index in [1.165, 1.54) is 5.56 Å². The van der Waals surface area contributed by atoms with Crippen LogP contribution in [0.3, 0.4) is 0 Å². The Hall–Kier alpha value is -2.35. The first-order valence-corrected chi connectivity index (χ1v) is 8.84. The van der Waals surface area contributed by atoms with E-state index in [0.29, 0.717) is 12.5 Å². The van der Waals surface area contributed by atoms with E-state index in [1.807, 2.05) is 35.9 Å². The predicted molar refractivity (Wildman–Crippen MR) is 123 cm³/mol. The van der Waals surface area contributed by atoms with Crippen LogP contribution in [0.15, 0.2) is 59.6 Å². The molecule has 2 aromatic carbocycles. The minimum atomic E-state index is 0. The molecule has 0 amide bonds. The number of nitrogens with two attached hydrogens (primary N) is 1. The smallest absolute Gasteiger partial charge is 0.193 e. The number of hydrogen-bond donors (Lipinski definition) is 2. The summed E-state index contributed by atoms with van der Waals surface area (Å²) in [6, 6.07) is 18.4. The fraction of sp³-hybridized carbons (Fsp3) is 0.238. The third-order valence-electron chi connectivity index (χ3n) is 4.26. The second-order valence-corrected chi connectivity index (χ2v) is 6.35. The highest BCUT2D eigenvalue weighted by atomic mass is 127. The van der Waals surface area contributed by atoms with Gasteiger partial charge in [-0.15, -0.1) is 24.0 Å². The van der Waals surface area contributed by atoms with Gasteiger partial charge in [0.15, 0.2) is 5.96 Å². The Labute approximate surface area is 177 Å².